The third-order valence-electron chi connectivity index (χ3n) is 3.13. The molecule has 0 aliphatic rings. The Morgan fingerprint density at radius 3 is 2.29 bits per heavy atom. The first-order chi connectivity index (χ1) is 7.88. The molecule has 0 atom stereocenters. The van der Waals surface area contributed by atoms with Crippen molar-refractivity contribution in [2.75, 3.05) is 0 Å². The van der Waals surface area contributed by atoms with Crippen molar-refractivity contribution in [1.82, 2.24) is 0 Å². The SMILES string of the molecule is Cc1ccc(-c2cc(C(C)(C)N)cs2)cc1C. The summed E-state index contributed by atoms with van der Waals surface area (Å²) in [5.74, 6) is 0. The maximum atomic E-state index is 6.11. The average Bonchev–Trinajstić information content (AvgIpc) is 2.70. The van der Waals surface area contributed by atoms with Crippen LogP contribution in [-0.4, -0.2) is 0 Å². The molecule has 17 heavy (non-hydrogen) atoms. The van der Waals surface area contributed by atoms with E-state index in [0.717, 1.165) is 0 Å². The molecule has 0 radical (unpaired) electrons. The topological polar surface area (TPSA) is 26.0 Å². The molecule has 2 aromatic rings. The van der Waals surface area contributed by atoms with E-state index in [2.05, 4.69) is 43.5 Å². The Bertz CT molecular complexity index is 532. The van der Waals surface area contributed by atoms with Crippen molar-refractivity contribution in [1.29, 1.82) is 0 Å². The van der Waals surface area contributed by atoms with Gasteiger partial charge in [0.25, 0.3) is 0 Å². The third-order valence-corrected chi connectivity index (χ3v) is 4.11. The lowest BCUT2D eigenvalue weighted by atomic mass is 9.97. The highest BCUT2D eigenvalue weighted by molar-refractivity contribution is 7.13. The molecule has 0 amide bonds. The van der Waals surface area contributed by atoms with Gasteiger partial charge >= 0.3 is 0 Å². The third kappa shape index (κ3) is 2.59. The van der Waals surface area contributed by atoms with Gasteiger partial charge < -0.3 is 5.73 Å². The quantitative estimate of drug-likeness (QED) is 0.842. The Balaban J connectivity index is 2.40. The van der Waals surface area contributed by atoms with E-state index < -0.39 is 0 Å². The number of aryl methyl sites for hydroxylation is 2. The summed E-state index contributed by atoms with van der Waals surface area (Å²) in [7, 11) is 0. The Labute approximate surface area is 107 Å². The average molecular weight is 245 g/mol. The minimum atomic E-state index is -0.255. The van der Waals surface area contributed by atoms with Gasteiger partial charge in [0.1, 0.15) is 0 Å². The van der Waals surface area contributed by atoms with E-state index in [4.69, 9.17) is 5.73 Å². The van der Waals surface area contributed by atoms with Crippen LogP contribution >= 0.6 is 11.3 Å². The van der Waals surface area contributed by atoms with E-state index in [9.17, 15) is 0 Å². The summed E-state index contributed by atoms with van der Waals surface area (Å²) >= 11 is 1.76. The fourth-order valence-corrected chi connectivity index (χ4v) is 2.80. The zero-order valence-corrected chi connectivity index (χ0v) is 11.7. The normalized spacial score (nSPS) is 11.8. The van der Waals surface area contributed by atoms with Gasteiger partial charge in [-0.15, -0.1) is 11.3 Å². The second-order valence-electron chi connectivity index (χ2n) is 5.22. The van der Waals surface area contributed by atoms with Crippen molar-refractivity contribution in [2.24, 2.45) is 5.73 Å². The maximum Gasteiger partial charge on any atom is 0.0360 e. The molecule has 0 fully saturated rings. The summed E-state index contributed by atoms with van der Waals surface area (Å²) in [5, 5.41) is 2.16. The summed E-state index contributed by atoms with van der Waals surface area (Å²) in [6, 6.07) is 8.81. The number of hydrogen-bond acceptors (Lipinski definition) is 2. The van der Waals surface area contributed by atoms with Gasteiger partial charge in [-0.3, -0.25) is 0 Å². The van der Waals surface area contributed by atoms with Gasteiger partial charge in [-0.2, -0.15) is 0 Å². The highest BCUT2D eigenvalue weighted by Gasteiger charge is 2.16. The second-order valence-corrected chi connectivity index (χ2v) is 6.13. The molecule has 0 saturated heterocycles. The first-order valence-corrected chi connectivity index (χ1v) is 6.71. The molecule has 1 aromatic carbocycles. The second kappa shape index (κ2) is 4.28. The summed E-state index contributed by atoms with van der Waals surface area (Å²) in [6.45, 7) is 8.38. The fraction of sp³-hybridized carbons (Fsp3) is 0.333. The first-order valence-electron chi connectivity index (χ1n) is 5.83. The van der Waals surface area contributed by atoms with Crippen LogP contribution in [0.15, 0.2) is 29.6 Å². The monoisotopic (exact) mass is 245 g/mol. The van der Waals surface area contributed by atoms with Crippen LogP contribution in [0.3, 0.4) is 0 Å². The fourth-order valence-electron chi connectivity index (χ4n) is 1.72. The lowest BCUT2D eigenvalue weighted by Gasteiger charge is -2.16. The van der Waals surface area contributed by atoms with E-state index in [0.29, 0.717) is 0 Å². The lowest BCUT2D eigenvalue weighted by Crippen LogP contribution is -2.27. The van der Waals surface area contributed by atoms with Crippen LogP contribution in [0.5, 0.6) is 0 Å². The van der Waals surface area contributed by atoms with Crippen molar-refractivity contribution < 1.29 is 0 Å². The molecule has 0 bridgehead atoms. The largest absolute Gasteiger partial charge is 0.322 e. The van der Waals surface area contributed by atoms with Crippen LogP contribution in [0.2, 0.25) is 0 Å². The van der Waals surface area contributed by atoms with Crippen molar-refractivity contribution in [2.45, 2.75) is 33.2 Å². The number of hydrogen-bond donors (Lipinski definition) is 1. The van der Waals surface area contributed by atoms with E-state index in [1.807, 2.05) is 13.8 Å². The number of benzene rings is 1. The Kier molecular flexibility index (Phi) is 3.11. The molecule has 1 heterocycles. The predicted octanol–water partition coefficient (Wildman–Crippen LogP) is 4.23. The van der Waals surface area contributed by atoms with Crippen molar-refractivity contribution in [3.05, 3.63) is 46.3 Å². The molecule has 2 N–H and O–H groups in total. The standard InChI is InChI=1S/C15H19NS/c1-10-5-6-12(7-11(10)2)14-8-13(9-17-14)15(3,4)16/h5-9H,16H2,1-4H3. The van der Waals surface area contributed by atoms with Crippen LogP contribution in [0.4, 0.5) is 0 Å². The smallest absolute Gasteiger partial charge is 0.0360 e. The molecule has 0 aliphatic carbocycles. The highest BCUT2D eigenvalue weighted by atomic mass is 32.1. The molecular formula is C15H19NS. The van der Waals surface area contributed by atoms with Gasteiger partial charge in [-0.1, -0.05) is 18.2 Å². The van der Waals surface area contributed by atoms with E-state index >= 15 is 0 Å². The van der Waals surface area contributed by atoms with Crippen molar-refractivity contribution in [3.8, 4) is 10.4 Å². The summed E-state index contributed by atoms with van der Waals surface area (Å²) < 4.78 is 0. The molecule has 1 aromatic heterocycles. The minimum absolute atomic E-state index is 0.255. The molecule has 2 heteroatoms. The van der Waals surface area contributed by atoms with Gasteiger partial charge in [0.15, 0.2) is 0 Å². The van der Waals surface area contributed by atoms with Crippen molar-refractivity contribution >= 4 is 11.3 Å². The highest BCUT2D eigenvalue weighted by Crippen LogP contribution is 2.32. The summed E-state index contributed by atoms with van der Waals surface area (Å²) in [4.78, 5) is 1.29. The molecule has 2 rings (SSSR count). The zero-order valence-electron chi connectivity index (χ0n) is 10.9. The van der Waals surface area contributed by atoms with Crippen LogP contribution in [0.25, 0.3) is 10.4 Å². The van der Waals surface area contributed by atoms with Gasteiger partial charge in [-0.05, 0) is 61.4 Å². The van der Waals surface area contributed by atoms with Gasteiger partial charge in [-0.25, -0.2) is 0 Å². The Hall–Kier alpha value is -1.12. The van der Waals surface area contributed by atoms with E-state index in [-0.39, 0.29) is 5.54 Å². The molecule has 0 aliphatic heterocycles. The van der Waals surface area contributed by atoms with Gasteiger partial charge in [0.2, 0.25) is 0 Å². The number of thiophene rings is 1. The first kappa shape index (κ1) is 12.3. The Morgan fingerprint density at radius 1 is 1.06 bits per heavy atom. The van der Waals surface area contributed by atoms with Crippen LogP contribution in [0, 0.1) is 13.8 Å². The minimum Gasteiger partial charge on any atom is -0.322 e. The molecule has 0 saturated carbocycles. The molecule has 90 valence electrons. The van der Waals surface area contributed by atoms with Gasteiger partial charge in [0.05, 0.1) is 0 Å². The zero-order chi connectivity index (χ0) is 12.6. The van der Waals surface area contributed by atoms with Crippen LogP contribution in [-0.2, 0) is 5.54 Å². The Morgan fingerprint density at radius 2 is 1.76 bits per heavy atom. The van der Waals surface area contributed by atoms with Crippen LogP contribution < -0.4 is 5.73 Å². The molecule has 0 spiro atoms. The van der Waals surface area contributed by atoms with E-state index in [1.54, 1.807) is 11.3 Å². The number of rotatable bonds is 2. The molecule has 1 nitrogen and oxygen atoms in total. The maximum absolute atomic E-state index is 6.11. The summed E-state index contributed by atoms with van der Waals surface area (Å²) in [6.07, 6.45) is 0. The van der Waals surface area contributed by atoms with Crippen LogP contribution in [0.1, 0.15) is 30.5 Å². The predicted molar refractivity (Wildman–Crippen MR) is 76.4 cm³/mol. The summed E-state index contributed by atoms with van der Waals surface area (Å²) in [5.41, 5.74) is 11.0. The molecule has 0 unspecified atom stereocenters. The van der Waals surface area contributed by atoms with Gasteiger partial charge in [0, 0.05) is 10.4 Å². The van der Waals surface area contributed by atoms with E-state index in [1.165, 1.54) is 27.1 Å². The number of nitrogens with two attached hydrogens (primary N) is 1. The molecular weight excluding hydrogens is 226 g/mol. The van der Waals surface area contributed by atoms with Crippen molar-refractivity contribution in [3.63, 3.8) is 0 Å². The lowest BCUT2D eigenvalue weighted by molar-refractivity contribution is 0.557.